The summed E-state index contributed by atoms with van der Waals surface area (Å²) in [6.07, 6.45) is 2.35. The molecule has 0 radical (unpaired) electrons. The van der Waals surface area contributed by atoms with Crippen LogP contribution in [0.25, 0.3) is 0 Å². The van der Waals surface area contributed by atoms with Gasteiger partial charge in [0.2, 0.25) is 0 Å². The summed E-state index contributed by atoms with van der Waals surface area (Å²) in [5.41, 5.74) is 1.07. The minimum atomic E-state index is -0.893. The van der Waals surface area contributed by atoms with Crippen LogP contribution in [-0.2, 0) is 0 Å². The molecule has 1 aromatic rings. The molecule has 1 atom stereocenters. The summed E-state index contributed by atoms with van der Waals surface area (Å²) in [5.74, 6) is 0.503. The van der Waals surface area contributed by atoms with Crippen molar-refractivity contribution < 1.29 is 9.90 Å². The van der Waals surface area contributed by atoms with Crippen molar-refractivity contribution in [3.05, 3.63) is 23.4 Å². The third kappa shape index (κ3) is 3.44. The van der Waals surface area contributed by atoms with Crippen LogP contribution in [0.1, 0.15) is 28.9 Å². The number of nitrogens with zero attached hydrogens (tertiary/aromatic N) is 2. The molecule has 2 rings (SSSR count). The molecule has 0 spiro atoms. The van der Waals surface area contributed by atoms with Crippen molar-refractivity contribution in [1.82, 2.24) is 10.3 Å². The lowest BCUT2D eigenvalue weighted by molar-refractivity contribution is 0.0696. The molecule has 2 N–H and O–H groups in total. The third-order valence-corrected chi connectivity index (χ3v) is 3.52. The maximum absolute atomic E-state index is 11.1. The number of carboxylic acids is 1. The van der Waals surface area contributed by atoms with Crippen molar-refractivity contribution >= 4 is 11.8 Å². The minimum Gasteiger partial charge on any atom is -0.478 e. The number of pyridine rings is 1. The van der Waals surface area contributed by atoms with Crippen LogP contribution in [0.5, 0.6) is 0 Å². The number of aromatic carboxylic acids is 1. The van der Waals surface area contributed by atoms with Crippen molar-refractivity contribution in [1.29, 1.82) is 0 Å². The van der Waals surface area contributed by atoms with Gasteiger partial charge in [0.05, 0.1) is 5.56 Å². The number of anilines is 1. The number of hydrogen-bond donors (Lipinski definition) is 2. The Balaban J connectivity index is 2.18. The second-order valence-corrected chi connectivity index (χ2v) is 5.17. The molecule has 0 aromatic carbocycles. The van der Waals surface area contributed by atoms with E-state index in [1.54, 1.807) is 12.1 Å². The second-order valence-electron chi connectivity index (χ2n) is 5.17. The van der Waals surface area contributed by atoms with Gasteiger partial charge in [0.15, 0.2) is 0 Å². The van der Waals surface area contributed by atoms with Crippen LogP contribution < -0.4 is 10.2 Å². The van der Waals surface area contributed by atoms with E-state index >= 15 is 0 Å². The highest BCUT2D eigenvalue weighted by Gasteiger charge is 2.21. The maximum Gasteiger partial charge on any atom is 0.335 e. The van der Waals surface area contributed by atoms with Gasteiger partial charge in [0, 0.05) is 18.8 Å². The van der Waals surface area contributed by atoms with Crippen LogP contribution in [0, 0.1) is 12.8 Å². The molecule has 0 amide bonds. The fourth-order valence-electron chi connectivity index (χ4n) is 2.66. The zero-order chi connectivity index (χ0) is 13.8. The first kappa shape index (κ1) is 13.8. The van der Waals surface area contributed by atoms with Crippen LogP contribution >= 0.6 is 0 Å². The Morgan fingerprint density at radius 3 is 3.05 bits per heavy atom. The highest BCUT2D eigenvalue weighted by atomic mass is 16.4. The van der Waals surface area contributed by atoms with Crippen LogP contribution in [-0.4, -0.2) is 42.7 Å². The van der Waals surface area contributed by atoms with Crippen molar-refractivity contribution in [2.45, 2.75) is 19.8 Å². The van der Waals surface area contributed by atoms with E-state index in [1.807, 2.05) is 14.0 Å². The molecule has 19 heavy (non-hydrogen) atoms. The maximum atomic E-state index is 11.1. The molecule has 0 saturated carbocycles. The van der Waals surface area contributed by atoms with E-state index in [1.165, 1.54) is 6.42 Å². The Labute approximate surface area is 113 Å². The van der Waals surface area contributed by atoms with Crippen molar-refractivity contribution in [2.24, 2.45) is 5.92 Å². The average molecular weight is 263 g/mol. The summed E-state index contributed by atoms with van der Waals surface area (Å²) in [5, 5.41) is 12.3. The molecule has 1 saturated heterocycles. The number of piperidine rings is 1. The summed E-state index contributed by atoms with van der Waals surface area (Å²) in [7, 11) is 1.96. The topological polar surface area (TPSA) is 65.5 Å². The predicted molar refractivity (Wildman–Crippen MR) is 74.8 cm³/mol. The average Bonchev–Trinajstić information content (AvgIpc) is 2.38. The van der Waals surface area contributed by atoms with E-state index in [0.717, 1.165) is 37.6 Å². The van der Waals surface area contributed by atoms with Gasteiger partial charge in [0.1, 0.15) is 5.82 Å². The standard InChI is InChI=1S/C14H21N3O2/c1-10-6-12(14(18)19)7-13(16-10)17-5-3-4-11(9-17)8-15-2/h6-7,11,15H,3-5,8-9H2,1-2H3,(H,18,19). The molecule has 1 fully saturated rings. The van der Waals surface area contributed by atoms with E-state index in [9.17, 15) is 4.79 Å². The summed E-state index contributed by atoms with van der Waals surface area (Å²) in [4.78, 5) is 17.8. The lowest BCUT2D eigenvalue weighted by Gasteiger charge is -2.33. The Kier molecular flexibility index (Phi) is 4.37. The molecule has 0 aliphatic carbocycles. The van der Waals surface area contributed by atoms with E-state index in [4.69, 9.17) is 5.11 Å². The van der Waals surface area contributed by atoms with Gasteiger partial charge in [-0.15, -0.1) is 0 Å². The number of nitrogens with one attached hydrogen (secondary N) is 1. The van der Waals surface area contributed by atoms with Gasteiger partial charge in [-0.25, -0.2) is 9.78 Å². The number of rotatable bonds is 4. The minimum absolute atomic E-state index is 0.318. The van der Waals surface area contributed by atoms with E-state index in [0.29, 0.717) is 11.5 Å². The van der Waals surface area contributed by atoms with E-state index in [-0.39, 0.29) is 0 Å². The lowest BCUT2D eigenvalue weighted by Crippen LogP contribution is -2.39. The first-order valence-electron chi connectivity index (χ1n) is 6.71. The molecule has 1 unspecified atom stereocenters. The van der Waals surface area contributed by atoms with Gasteiger partial charge in [0.25, 0.3) is 0 Å². The second kappa shape index (κ2) is 6.02. The molecular formula is C14H21N3O2. The fourth-order valence-corrected chi connectivity index (χ4v) is 2.66. The quantitative estimate of drug-likeness (QED) is 0.862. The zero-order valence-corrected chi connectivity index (χ0v) is 11.5. The van der Waals surface area contributed by atoms with Gasteiger partial charge < -0.3 is 15.3 Å². The Bertz CT molecular complexity index is 460. The fraction of sp³-hybridized carbons (Fsp3) is 0.571. The monoisotopic (exact) mass is 263 g/mol. The number of carbonyl (C=O) groups is 1. The smallest absolute Gasteiger partial charge is 0.335 e. The Morgan fingerprint density at radius 1 is 1.58 bits per heavy atom. The first-order valence-corrected chi connectivity index (χ1v) is 6.71. The van der Waals surface area contributed by atoms with Crippen molar-refractivity contribution in [3.8, 4) is 0 Å². The SMILES string of the molecule is CNCC1CCCN(c2cc(C(=O)O)cc(C)n2)C1. The van der Waals surface area contributed by atoms with Crippen LogP contribution in [0.2, 0.25) is 0 Å². The highest BCUT2D eigenvalue weighted by Crippen LogP contribution is 2.22. The van der Waals surface area contributed by atoms with E-state index < -0.39 is 5.97 Å². The third-order valence-electron chi connectivity index (χ3n) is 3.52. The van der Waals surface area contributed by atoms with Gasteiger partial charge in [-0.05, 0) is 51.4 Å². The summed E-state index contributed by atoms with van der Waals surface area (Å²) in [6.45, 7) is 4.73. The number of carboxylic acid groups (broad SMARTS) is 1. The van der Waals surface area contributed by atoms with Gasteiger partial charge in [-0.1, -0.05) is 0 Å². The van der Waals surface area contributed by atoms with Crippen molar-refractivity contribution in [2.75, 3.05) is 31.6 Å². The van der Waals surface area contributed by atoms with Gasteiger partial charge in [-0.2, -0.15) is 0 Å². The summed E-state index contributed by atoms with van der Waals surface area (Å²) >= 11 is 0. The molecular weight excluding hydrogens is 242 g/mol. The summed E-state index contributed by atoms with van der Waals surface area (Å²) in [6, 6.07) is 3.29. The molecule has 104 valence electrons. The normalized spacial score (nSPS) is 19.5. The van der Waals surface area contributed by atoms with Gasteiger partial charge >= 0.3 is 5.97 Å². The van der Waals surface area contributed by atoms with Gasteiger partial charge in [-0.3, -0.25) is 0 Å². The molecule has 0 bridgehead atoms. The van der Waals surface area contributed by atoms with Crippen molar-refractivity contribution in [3.63, 3.8) is 0 Å². The molecule has 1 aromatic heterocycles. The molecule has 5 nitrogen and oxygen atoms in total. The number of aromatic nitrogens is 1. The zero-order valence-electron chi connectivity index (χ0n) is 11.5. The van der Waals surface area contributed by atoms with E-state index in [2.05, 4.69) is 15.2 Å². The first-order chi connectivity index (χ1) is 9.10. The lowest BCUT2D eigenvalue weighted by atomic mass is 9.98. The molecule has 2 heterocycles. The molecule has 1 aliphatic heterocycles. The predicted octanol–water partition coefficient (Wildman–Crippen LogP) is 1.52. The molecule has 1 aliphatic rings. The Hall–Kier alpha value is -1.62. The number of hydrogen-bond acceptors (Lipinski definition) is 4. The van der Waals surface area contributed by atoms with Crippen LogP contribution in [0.15, 0.2) is 12.1 Å². The largest absolute Gasteiger partial charge is 0.478 e. The Morgan fingerprint density at radius 2 is 2.37 bits per heavy atom. The molecule has 5 heteroatoms. The number of aryl methyl sites for hydroxylation is 1. The highest BCUT2D eigenvalue weighted by molar-refractivity contribution is 5.88. The van der Waals surface area contributed by atoms with Crippen LogP contribution in [0.4, 0.5) is 5.82 Å². The summed E-state index contributed by atoms with van der Waals surface area (Å²) < 4.78 is 0. The van der Waals surface area contributed by atoms with Crippen LogP contribution in [0.3, 0.4) is 0 Å².